The number of amides is 2. The zero-order valence-corrected chi connectivity index (χ0v) is 22.3. The molecule has 2 N–H and O–H groups in total. The Balaban J connectivity index is 1.35. The van der Waals surface area contributed by atoms with Gasteiger partial charge < -0.3 is 25.0 Å². The molecule has 15 heteroatoms. The first-order valence-corrected chi connectivity index (χ1v) is 12.6. The molecule has 4 heterocycles. The van der Waals surface area contributed by atoms with Gasteiger partial charge in [0.05, 0.1) is 42.1 Å². The van der Waals surface area contributed by atoms with Crippen LogP contribution in [-0.4, -0.2) is 61.0 Å². The van der Waals surface area contributed by atoms with E-state index in [-0.39, 0.29) is 17.5 Å². The second-order valence-electron chi connectivity index (χ2n) is 9.68. The summed E-state index contributed by atoms with van der Waals surface area (Å²) in [6.07, 6.45) is -1.65. The standard InChI is InChI=1S/C24H26F3N7O4S/c1-13-19(21(39-33-13)32-17-11-28-16(10-29-17)24(25,26)27)20(35)31-14-5-6-18(30-9-14)37-15-7-8-34(12-15)22(36)38-23(2,3)4/h5-6,9-11,15H,7-8,12H2,1-4H3,(H,29,32)(H,31,35)/t15-/m1/s1. The van der Waals surface area contributed by atoms with Crippen molar-refractivity contribution in [2.75, 3.05) is 23.7 Å². The van der Waals surface area contributed by atoms with Gasteiger partial charge in [0.2, 0.25) is 5.88 Å². The van der Waals surface area contributed by atoms with Crippen LogP contribution in [0.4, 0.5) is 34.5 Å². The smallest absolute Gasteiger partial charge is 0.434 e. The zero-order chi connectivity index (χ0) is 28.4. The van der Waals surface area contributed by atoms with Crippen molar-refractivity contribution in [3.8, 4) is 5.88 Å². The van der Waals surface area contributed by atoms with Gasteiger partial charge in [-0.1, -0.05) is 0 Å². The summed E-state index contributed by atoms with van der Waals surface area (Å²) < 4.78 is 53.6. The summed E-state index contributed by atoms with van der Waals surface area (Å²) in [6.45, 7) is 7.93. The second-order valence-corrected chi connectivity index (χ2v) is 10.4. The van der Waals surface area contributed by atoms with E-state index < -0.39 is 29.5 Å². The van der Waals surface area contributed by atoms with Crippen LogP contribution < -0.4 is 15.4 Å². The van der Waals surface area contributed by atoms with Gasteiger partial charge in [-0.05, 0) is 45.3 Å². The molecule has 0 unspecified atom stereocenters. The maximum Gasteiger partial charge on any atom is 0.434 e. The molecule has 208 valence electrons. The number of carbonyl (C=O) groups is 2. The molecule has 1 fully saturated rings. The van der Waals surface area contributed by atoms with Crippen molar-refractivity contribution in [1.29, 1.82) is 0 Å². The Kier molecular flexibility index (Phi) is 7.90. The minimum Gasteiger partial charge on any atom is -0.472 e. The number of hydrogen-bond donors (Lipinski definition) is 2. The maximum atomic E-state index is 13.0. The van der Waals surface area contributed by atoms with Crippen LogP contribution in [0.25, 0.3) is 0 Å². The Bertz CT molecular complexity index is 1330. The van der Waals surface area contributed by atoms with Gasteiger partial charge in [0.15, 0.2) is 5.69 Å². The number of aryl methyl sites for hydroxylation is 1. The number of alkyl halides is 3. The Labute approximate surface area is 225 Å². The molecule has 0 spiro atoms. The average molecular weight is 566 g/mol. The van der Waals surface area contributed by atoms with Crippen molar-refractivity contribution >= 4 is 40.0 Å². The molecule has 0 bridgehead atoms. The van der Waals surface area contributed by atoms with E-state index >= 15 is 0 Å². The van der Waals surface area contributed by atoms with E-state index in [0.717, 1.165) is 17.7 Å². The Hall–Kier alpha value is -4.01. The lowest BCUT2D eigenvalue weighted by Crippen LogP contribution is -2.36. The molecule has 39 heavy (non-hydrogen) atoms. The molecule has 1 aliphatic heterocycles. The average Bonchev–Trinajstić information content (AvgIpc) is 3.45. The molecule has 2 amide bonds. The van der Waals surface area contributed by atoms with E-state index in [0.29, 0.717) is 48.0 Å². The van der Waals surface area contributed by atoms with E-state index in [4.69, 9.17) is 9.47 Å². The minimum atomic E-state index is -4.61. The van der Waals surface area contributed by atoms with E-state index in [1.54, 1.807) is 44.7 Å². The van der Waals surface area contributed by atoms with Crippen molar-refractivity contribution in [3.63, 3.8) is 0 Å². The summed E-state index contributed by atoms with van der Waals surface area (Å²) in [5.41, 5.74) is -0.693. The molecule has 0 saturated carbocycles. The highest BCUT2D eigenvalue weighted by Gasteiger charge is 2.33. The summed E-state index contributed by atoms with van der Waals surface area (Å²) in [4.78, 5) is 38.1. The molecule has 1 atom stereocenters. The van der Waals surface area contributed by atoms with Gasteiger partial charge in [0, 0.05) is 19.0 Å². The third-order valence-electron chi connectivity index (χ3n) is 5.35. The first kappa shape index (κ1) is 28.0. The molecule has 1 saturated heterocycles. The minimum absolute atomic E-state index is 0.0287. The molecule has 3 aromatic heterocycles. The lowest BCUT2D eigenvalue weighted by Gasteiger charge is -2.24. The molecule has 3 aromatic rings. The number of rotatable bonds is 6. The number of likely N-dealkylation sites (tertiary alicyclic amines) is 1. The van der Waals surface area contributed by atoms with Crippen molar-refractivity contribution in [2.45, 2.75) is 52.0 Å². The number of nitrogens with zero attached hydrogens (tertiary/aromatic N) is 5. The highest BCUT2D eigenvalue weighted by molar-refractivity contribution is 7.10. The first-order valence-electron chi connectivity index (χ1n) is 11.8. The van der Waals surface area contributed by atoms with Gasteiger partial charge in [-0.2, -0.15) is 17.5 Å². The van der Waals surface area contributed by atoms with Crippen LogP contribution in [0.1, 0.15) is 48.9 Å². The topological polar surface area (TPSA) is 131 Å². The molecule has 0 aliphatic carbocycles. The highest BCUT2D eigenvalue weighted by atomic mass is 32.1. The van der Waals surface area contributed by atoms with Crippen LogP contribution in [-0.2, 0) is 10.9 Å². The summed E-state index contributed by atoms with van der Waals surface area (Å²) in [7, 11) is 0. The first-order chi connectivity index (χ1) is 18.3. The van der Waals surface area contributed by atoms with E-state index in [9.17, 15) is 22.8 Å². The fourth-order valence-electron chi connectivity index (χ4n) is 3.58. The third kappa shape index (κ3) is 7.31. The van der Waals surface area contributed by atoms with Gasteiger partial charge in [-0.15, -0.1) is 0 Å². The summed E-state index contributed by atoms with van der Waals surface area (Å²) in [5, 5.41) is 5.81. The van der Waals surface area contributed by atoms with Crippen LogP contribution in [0.3, 0.4) is 0 Å². The Morgan fingerprint density at radius 2 is 1.87 bits per heavy atom. The summed E-state index contributed by atoms with van der Waals surface area (Å²) >= 11 is 0.960. The Morgan fingerprint density at radius 1 is 1.10 bits per heavy atom. The fourth-order valence-corrected chi connectivity index (χ4v) is 4.38. The van der Waals surface area contributed by atoms with Crippen molar-refractivity contribution in [2.24, 2.45) is 0 Å². The summed E-state index contributed by atoms with van der Waals surface area (Å²) in [5.74, 6) is -0.135. The molecule has 1 aliphatic rings. The molecule has 0 radical (unpaired) electrons. The molecular weight excluding hydrogens is 539 g/mol. The van der Waals surface area contributed by atoms with Crippen LogP contribution in [0.2, 0.25) is 0 Å². The monoisotopic (exact) mass is 565 g/mol. The van der Waals surface area contributed by atoms with Gasteiger partial charge >= 0.3 is 12.3 Å². The highest BCUT2D eigenvalue weighted by Crippen LogP contribution is 2.30. The number of hydrogen-bond acceptors (Lipinski definition) is 10. The predicted octanol–water partition coefficient (Wildman–Crippen LogP) is 5.04. The van der Waals surface area contributed by atoms with Crippen LogP contribution in [0.5, 0.6) is 5.88 Å². The van der Waals surface area contributed by atoms with Crippen LogP contribution >= 0.6 is 11.5 Å². The number of carbonyl (C=O) groups excluding carboxylic acids is 2. The molecule has 11 nitrogen and oxygen atoms in total. The number of pyridine rings is 1. The van der Waals surface area contributed by atoms with Gasteiger partial charge in [0.25, 0.3) is 5.91 Å². The molecular formula is C24H26F3N7O4S. The second kappa shape index (κ2) is 11.0. The van der Waals surface area contributed by atoms with Crippen LogP contribution in [0, 0.1) is 6.92 Å². The predicted molar refractivity (Wildman–Crippen MR) is 136 cm³/mol. The number of nitrogens with one attached hydrogen (secondary N) is 2. The van der Waals surface area contributed by atoms with Gasteiger partial charge in [0.1, 0.15) is 22.5 Å². The fraction of sp³-hybridized carbons (Fsp3) is 0.417. The number of anilines is 3. The number of halogens is 3. The third-order valence-corrected chi connectivity index (χ3v) is 6.21. The number of aromatic nitrogens is 4. The molecule has 4 rings (SSSR count). The van der Waals surface area contributed by atoms with Gasteiger partial charge in [-0.25, -0.2) is 19.7 Å². The van der Waals surface area contributed by atoms with Gasteiger partial charge in [-0.3, -0.25) is 4.79 Å². The van der Waals surface area contributed by atoms with Crippen LogP contribution in [0.15, 0.2) is 30.7 Å². The lowest BCUT2D eigenvalue weighted by molar-refractivity contribution is -0.141. The quantitative estimate of drug-likeness (QED) is 0.422. The zero-order valence-electron chi connectivity index (χ0n) is 21.5. The normalized spacial score (nSPS) is 15.7. The van der Waals surface area contributed by atoms with E-state index in [1.807, 2.05) is 0 Å². The summed E-state index contributed by atoms with van der Waals surface area (Å²) in [6, 6.07) is 3.21. The SMILES string of the molecule is Cc1nsc(Nc2cnc(C(F)(F)F)cn2)c1C(=O)Nc1ccc(O[C@@H]2CCN(C(=O)OC(C)(C)C)C2)nc1. The van der Waals surface area contributed by atoms with Crippen molar-refractivity contribution in [3.05, 3.63) is 47.7 Å². The Morgan fingerprint density at radius 3 is 2.49 bits per heavy atom. The number of ether oxygens (including phenoxy) is 2. The maximum absolute atomic E-state index is 13.0. The van der Waals surface area contributed by atoms with E-state index in [1.165, 1.54) is 6.20 Å². The lowest BCUT2D eigenvalue weighted by atomic mass is 10.2. The molecule has 0 aromatic carbocycles. The largest absolute Gasteiger partial charge is 0.472 e. The van der Waals surface area contributed by atoms with Crippen molar-refractivity contribution < 1.29 is 32.2 Å². The van der Waals surface area contributed by atoms with E-state index in [2.05, 4.69) is 30.0 Å². The van der Waals surface area contributed by atoms with Crippen molar-refractivity contribution in [1.82, 2.24) is 24.2 Å².